The van der Waals surface area contributed by atoms with E-state index in [-0.39, 0.29) is 10.7 Å². The Kier molecular flexibility index (Phi) is 4.52. The molecule has 0 radical (unpaired) electrons. The smallest absolute Gasteiger partial charge is 0.289 e. The Balaban J connectivity index is 1.83. The standard InChI is InChI=1S/C12H14ClN5O2/c1-17-8-9(6-16-17)3-2-4-14-12-11(13)5-10(7-15-12)18(19)20/h5-8H,2-4H2,1H3,(H,14,15). The first-order valence-corrected chi connectivity index (χ1v) is 6.45. The van der Waals surface area contributed by atoms with Crippen molar-refractivity contribution >= 4 is 23.1 Å². The minimum absolute atomic E-state index is 0.115. The Hall–Kier alpha value is -2.15. The lowest BCUT2D eigenvalue weighted by molar-refractivity contribution is -0.385. The van der Waals surface area contributed by atoms with Gasteiger partial charge in [0.25, 0.3) is 5.69 Å². The molecule has 0 fully saturated rings. The molecule has 0 unspecified atom stereocenters. The van der Waals surface area contributed by atoms with E-state index < -0.39 is 4.92 Å². The number of hydrogen-bond acceptors (Lipinski definition) is 5. The number of halogens is 1. The van der Waals surface area contributed by atoms with E-state index in [2.05, 4.69) is 15.4 Å². The van der Waals surface area contributed by atoms with Crippen LogP contribution < -0.4 is 5.32 Å². The molecular formula is C12H14ClN5O2. The van der Waals surface area contributed by atoms with E-state index in [1.807, 2.05) is 19.4 Å². The highest BCUT2D eigenvalue weighted by atomic mass is 35.5. The molecule has 1 N–H and O–H groups in total. The van der Waals surface area contributed by atoms with Gasteiger partial charge in [0.1, 0.15) is 12.0 Å². The lowest BCUT2D eigenvalue weighted by Crippen LogP contribution is -2.05. The maximum atomic E-state index is 10.6. The van der Waals surface area contributed by atoms with Gasteiger partial charge >= 0.3 is 0 Å². The molecule has 0 aliphatic rings. The highest BCUT2D eigenvalue weighted by molar-refractivity contribution is 6.33. The van der Waals surface area contributed by atoms with Gasteiger partial charge in [-0.25, -0.2) is 4.98 Å². The second-order valence-corrected chi connectivity index (χ2v) is 4.74. The van der Waals surface area contributed by atoms with Gasteiger partial charge in [-0.05, 0) is 18.4 Å². The van der Waals surface area contributed by atoms with E-state index in [4.69, 9.17) is 11.6 Å². The third kappa shape index (κ3) is 3.67. The largest absolute Gasteiger partial charge is 0.369 e. The summed E-state index contributed by atoms with van der Waals surface area (Å²) in [6.45, 7) is 0.680. The molecule has 0 spiro atoms. The molecule has 8 heteroatoms. The molecule has 0 aliphatic heterocycles. The summed E-state index contributed by atoms with van der Waals surface area (Å²) in [5, 5.41) is 18.0. The van der Waals surface area contributed by atoms with Gasteiger partial charge in [-0.2, -0.15) is 5.10 Å². The van der Waals surface area contributed by atoms with E-state index in [0.717, 1.165) is 18.4 Å². The third-order valence-electron chi connectivity index (χ3n) is 2.73. The normalized spacial score (nSPS) is 10.5. The summed E-state index contributed by atoms with van der Waals surface area (Å²) < 4.78 is 1.76. The predicted molar refractivity (Wildman–Crippen MR) is 75.9 cm³/mol. The summed E-state index contributed by atoms with van der Waals surface area (Å²) in [7, 11) is 1.88. The lowest BCUT2D eigenvalue weighted by Gasteiger charge is -2.06. The van der Waals surface area contributed by atoms with Gasteiger partial charge < -0.3 is 5.32 Å². The molecule has 106 valence electrons. The molecule has 7 nitrogen and oxygen atoms in total. The van der Waals surface area contributed by atoms with Crippen LogP contribution >= 0.6 is 11.6 Å². The van der Waals surface area contributed by atoms with Crippen LogP contribution in [0.4, 0.5) is 11.5 Å². The van der Waals surface area contributed by atoms with Gasteiger partial charge in [-0.15, -0.1) is 0 Å². The zero-order valence-corrected chi connectivity index (χ0v) is 11.7. The van der Waals surface area contributed by atoms with Gasteiger partial charge in [0, 0.05) is 25.9 Å². The number of nitrogens with zero attached hydrogens (tertiary/aromatic N) is 4. The van der Waals surface area contributed by atoms with E-state index in [1.165, 1.54) is 12.3 Å². The molecule has 20 heavy (non-hydrogen) atoms. The summed E-state index contributed by atoms with van der Waals surface area (Å²) in [4.78, 5) is 14.0. The van der Waals surface area contributed by atoms with E-state index in [9.17, 15) is 10.1 Å². The van der Waals surface area contributed by atoms with Crippen LogP contribution in [0.3, 0.4) is 0 Å². The summed E-state index contributed by atoms with van der Waals surface area (Å²) in [6, 6.07) is 1.29. The molecule has 0 aromatic carbocycles. The summed E-state index contributed by atoms with van der Waals surface area (Å²) in [5.41, 5.74) is 1.05. The van der Waals surface area contributed by atoms with Gasteiger partial charge in [0.15, 0.2) is 0 Å². The highest BCUT2D eigenvalue weighted by Crippen LogP contribution is 2.23. The minimum atomic E-state index is -0.523. The molecule has 0 saturated carbocycles. The minimum Gasteiger partial charge on any atom is -0.369 e. The maximum absolute atomic E-state index is 10.6. The lowest BCUT2D eigenvalue weighted by atomic mass is 10.2. The van der Waals surface area contributed by atoms with E-state index in [0.29, 0.717) is 12.4 Å². The number of aromatic nitrogens is 3. The van der Waals surface area contributed by atoms with Crippen molar-refractivity contribution < 1.29 is 4.92 Å². The topological polar surface area (TPSA) is 85.9 Å². The zero-order chi connectivity index (χ0) is 14.5. The number of aryl methyl sites for hydroxylation is 2. The fraction of sp³-hybridized carbons (Fsp3) is 0.333. The molecule has 0 saturated heterocycles. The Morgan fingerprint density at radius 3 is 2.90 bits per heavy atom. The number of pyridine rings is 1. The van der Waals surface area contributed by atoms with E-state index in [1.54, 1.807) is 4.68 Å². The first-order chi connectivity index (χ1) is 9.56. The van der Waals surface area contributed by atoms with Crippen molar-refractivity contribution in [3.05, 3.63) is 45.4 Å². The summed E-state index contributed by atoms with van der Waals surface area (Å²) in [5.74, 6) is 0.462. The van der Waals surface area contributed by atoms with Crippen molar-refractivity contribution in [1.82, 2.24) is 14.8 Å². The van der Waals surface area contributed by atoms with Gasteiger partial charge in [-0.1, -0.05) is 11.6 Å². The Morgan fingerprint density at radius 2 is 2.30 bits per heavy atom. The van der Waals surface area contributed by atoms with Crippen molar-refractivity contribution in [2.75, 3.05) is 11.9 Å². The SMILES string of the molecule is Cn1cc(CCCNc2ncc([N+](=O)[O-])cc2Cl)cn1. The second kappa shape index (κ2) is 6.33. The highest BCUT2D eigenvalue weighted by Gasteiger charge is 2.10. The quantitative estimate of drug-likeness (QED) is 0.502. The van der Waals surface area contributed by atoms with Gasteiger partial charge in [0.2, 0.25) is 0 Å². The van der Waals surface area contributed by atoms with Crippen LogP contribution in [0.25, 0.3) is 0 Å². The fourth-order valence-corrected chi connectivity index (χ4v) is 1.99. The number of nitrogens with one attached hydrogen (secondary N) is 1. The van der Waals surface area contributed by atoms with Gasteiger partial charge in [0.05, 0.1) is 16.1 Å². The number of hydrogen-bond donors (Lipinski definition) is 1. The molecule has 2 rings (SSSR count). The van der Waals surface area contributed by atoms with Crippen LogP contribution in [0.1, 0.15) is 12.0 Å². The Morgan fingerprint density at radius 1 is 1.50 bits per heavy atom. The molecule has 2 heterocycles. The van der Waals surface area contributed by atoms with Crippen molar-refractivity contribution in [3.63, 3.8) is 0 Å². The second-order valence-electron chi connectivity index (χ2n) is 4.33. The van der Waals surface area contributed by atoms with Crippen molar-refractivity contribution in [2.24, 2.45) is 7.05 Å². The molecular weight excluding hydrogens is 282 g/mol. The Bertz CT molecular complexity index is 614. The van der Waals surface area contributed by atoms with Gasteiger partial charge in [-0.3, -0.25) is 14.8 Å². The molecule has 0 aliphatic carbocycles. The fourth-order valence-electron chi connectivity index (χ4n) is 1.76. The average Bonchev–Trinajstić information content (AvgIpc) is 2.81. The van der Waals surface area contributed by atoms with Crippen molar-refractivity contribution in [3.8, 4) is 0 Å². The van der Waals surface area contributed by atoms with Crippen LogP contribution in [-0.4, -0.2) is 26.2 Å². The molecule has 0 atom stereocenters. The molecule has 2 aromatic heterocycles. The van der Waals surface area contributed by atoms with Crippen LogP contribution in [0.15, 0.2) is 24.7 Å². The maximum Gasteiger partial charge on any atom is 0.289 e. The van der Waals surface area contributed by atoms with Crippen LogP contribution in [0, 0.1) is 10.1 Å². The molecule has 0 bridgehead atoms. The summed E-state index contributed by atoms with van der Waals surface area (Å²) in [6.07, 6.45) is 6.77. The number of anilines is 1. The predicted octanol–water partition coefficient (Wildman–Crippen LogP) is 2.42. The first-order valence-electron chi connectivity index (χ1n) is 6.07. The van der Waals surface area contributed by atoms with Crippen LogP contribution in [0.2, 0.25) is 5.02 Å². The average molecular weight is 296 g/mol. The van der Waals surface area contributed by atoms with Crippen molar-refractivity contribution in [1.29, 1.82) is 0 Å². The zero-order valence-electron chi connectivity index (χ0n) is 10.9. The Labute approximate surface area is 120 Å². The number of nitro groups is 1. The first kappa shape index (κ1) is 14.3. The summed E-state index contributed by atoms with van der Waals surface area (Å²) >= 11 is 5.93. The van der Waals surface area contributed by atoms with Crippen molar-refractivity contribution in [2.45, 2.75) is 12.8 Å². The van der Waals surface area contributed by atoms with Crippen LogP contribution in [0.5, 0.6) is 0 Å². The molecule has 0 amide bonds. The molecule has 2 aromatic rings. The van der Waals surface area contributed by atoms with E-state index >= 15 is 0 Å². The van der Waals surface area contributed by atoms with Crippen LogP contribution in [-0.2, 0) is 13.5 Å². The number of rotatable bonds is 6. The third-order valence-corrected chi connectivity index (χ3v) is 3.02. The monoisotopic (exact) mass is 295 g/mol.